The van der Waals surface area contributed by atoms with E-state index in [1.165, 1.54) is 32.1 Å². The highest BCUT2D eigenvalue weighted by Gasteiger charge is 1.93. The average Bonchev–Trinajstić information content (AvgIpc) is 2.14. The molecule has 0 aromatic carbocycles. The van der Waals surface area contributed by atoms with E-state index in [0.29, 0.717) is 0 Å². The smallest absolute Gasteiger partial charge is 0.0237 e. The van der Waals surface area contributed by atoms with E-state index in [1.54, 1.807) is 5.57 Å². The fraction of sp³-hybridized carbons (Fsp3) is 0.615. The second-order valence-corrected chi connectivity index (χ2v) is 3.35. The molecule has 0 aromatic heterocycles. The Kier molecular flexibility index (Phi) is 8.82. The van der Waals surface area contributed by atoms with Crippen LogP contribution in [0.25, 0.3) is 0 Å². The number of hydrogen-bond acceptors (Lipinski definition) is 0. The molecule has 0 heteroatoms. The molecule has 0 saturated carbocycles. The predicted molar refractivity (Wildman–Crippen MR) is 60.8 cm³/mol. The van der Waals surface area contributed by atoms with Crippen molar-refractivity contribution in [2.45, 2.75) is 52.4 Å². The number of unbranched alkanes of at least 4 members (excludes halogenated alkanes) is 1. The van der Waals surface area contributed by atoms with Crippen molar-refractivity contribution in [1.29, 1.82) is 0 Å². The van der Waals surface area contributed by atoms with Crippen molar-refractivity contribution in [2.75, 3.05) is 0 Å². The Morgan fingerprint density at radius 2 is 1.92 bits per heavy atom. The highest BCUT2D eigenvalue weighted by atomic mass is 14.0. The molecule has 0 aromatic rings. The number of hydrogen-bond donors (Lipinski definition) is 0. The molecule has 0 aliphatic heterocycles. The molecule has 0 fully saturated rings. The molecule has 0 unspecified atom stereocenters. The van der Waals surface area contributed by atoms with Crippen molar-refractivity contribution in [2.24, 2.45) is 0 Å². The van der Waals surface area contributed by atoms with Gasteiger partial charge in [-0.25, -0.2) is 0 Å². The van der Waals surface area contributed by atoms with Crippen molar-refractivity contribution in [3.05, 3.63) is 30.0 Å². The van der Waals surface area contributed by atoms with Gasteiger partial charge in [0.2, 0.25) is 0 Å². The van der Waals surface area contributed by atoms with Crippen molar-refractivity contribution in [1.82, 2.24) is 0 Å². The summed E-state index contributed by atoms with van der Waals surface area (Å²) in [6, 6.07) is 0. The zero-order valence-corrected chi connectivity index (χ0v) is 9.10. The largest absolute Gasteiger partial charge is 0.133 e. The minimum absolute atomic E-state index is 1.10. The van der Waals surface area contributed by atoms with Crippen LogP contribution in [0.5, 0.6) is 0 Å². The molecule has 13 heavy (non-hydrogen) atoms. The lowest BCUT2D eigenvalue weighted by Crippen LogP contribution is -1.83. The Hall–Kier alpha value is -0.740. The molecule has 0 N–H and O–H groups in total. The van der Waals surface area contributed by atoms with Crippen molar-refractivity contribution >= 4 is 0 Å². The third-order valence-corrected chi connectivity index (χ3v) is 2.05. The zero-order chi connectivity index (χ0) is 9.94. The zero-order valence-electron chi connectivity index (χ0n) is 9.10. The number of rotatable bonds is 7. The molecule has 0 rings (SSSR count). The molecule has 0 bridgehead atoms. The first-order valence-corrected chi connectivity index (χ1v) is 5.37. The van der Waals surface area contributed by atoms with Crippen molar-refractivity contribution in [3.8, 4) is 0 Å². The van der Waals surface area contributed by atoms with Gasteiger partial charge in [-0.2, -0.15) is 0 Å². The monoisotopic (exact) mass is 178 g/mol. The first kappa shape index (κ1) is 12.3. The summed E-state index contributed by atoms with van der Waals surface area (Å²) in [4.78, 5) is 0. The lowest BCUT2D eigenvalue weighted by Gasteiger charge is -2.03. The molecule has 0 radical (unpaired) electrons. The van der Waals surface area contributed by atoms with Crippen LogP contribution < -0.4 is 0 Å². The molecular formula is C13H22. The lowest BCUT2D eigenvalue weighted by molar-refractivity contribution is 0.810. The Morgan fingerprint density at radius 1 is 1.15 bits per heavy atom. The molecule has 0 aliphatic carbocycles. The normalized spacial score (nSPS) is 11.1. The van der Waals surface area contributed by atoms with E-state index >= 15 is 0 Å². The van der Waals surface area contributed by atoms with Crippen LogP contribution in [0.2, 0.25) is 0 Å². The summed E-state index contributed by atoms with van der Waals surface area (Å²) in [5.74, 6) is 0. The van der Waals surface area contributed by atoms with Gasteiger partial charge in [0, 0.05) is 0 Å². The first-order valence-electron chi connectivity index (χ1n) is 5.37. The molecule has 0 heterocycles. The summed E-state index contributed by atoms with van der Waals surface area (Å²) in [6.45, 7) is 8.03. The van der Waals surface area contributed by atoms with Crippen LogP contribution in [0.3, 0.4) is 0 Å². The molecule has 0 nitrogen and oxygen atoms in total. The highest BCUT2D eigenvalue weighted by Crippen LogP contribution is 2.13. The molecule has 0 atom stereocenters. The minimum atomic E-state index is 1.10. The van der Waals surface area contributed by atoms with Crippen LogP contribution >= 0.6 is 0 Å². The second-order valence-electron chi connectivity index (χ2n) is 3.35. The van der Waals surface area contributed by atoms with Gasteiger partial charge in [-0.3, -0.25) is 0 Å². The summed E-state index contributed by atoms with van der Waals surface area (Å²) < 4.78 is 0. The van der Waals surface area contributed by atoms with Gasteiger partial charge in [-0.15, -0.1) is 5.73 Å². The molecule has 74 valence electrons. The SMILES string of the molecule is C=C=CCC/C(=C/CCC)CCC. The third-order valence-electron chi connectivity index (χ3n) is 2.05. The van der Waals surface area contributed by atoms with E-state index in [1.807, 2.05) is 6.08 Å². The van der Waals surface area contributed by atoms with Crippen LogP contribution in [0.1, 0.15) is 52.4 Å². The summed E-state index contributed by atoms with van der Waals surface area (Å²) in [6.07, 6.45) is 11.7. The van der Waals surface area contributed by atoms with Gasteiger partial charge in [0.1, 0.15) is 0 Å². The van der Waals surface area contributed by atoms with Crippen LogP contribution in [0.15, 0.2) is 30.0 Å². The third kappa shape index (κ3) is 7.62. The predicted octanol–water partition coefficient (Wildman–Crippen LogP) is 4.63. The number of allylic oxidation sites excluding steroid dienone is 3. The summed E-state index contributed by atoms with van der Waals surface area (Å²) in [7, 11) is 0. The second kappa shape index (κ2) is 9.35. The van der Waals surface area contributed by atoms with Crippen LogP contribution in [-0.2, 0) is 0 Å². The molecule has 0 aliphatic rings. The van der Waals surface area contributed by atoms with E-state index in [4.69, 9.17) is 0 Å². The van der Waals surface area contributed by atoms with E-state index in [0.717, 1.165) is 6.42 Å². The quantitative estimate of drug-likeness (QED) is 0.394. The van der Waals surface area contributed by atoms with Gasteiger partial charge in [0.05, 0.1) is 0 Å². The van der Waals surface area contributed by atoms with Gasteiger partial charge >= 0.3 is 0 Å². The van der Waals surface area contributed by atoms with E-state index in [9.17, 15) is 0 Å². The maximum Gasteiger partial charge on any atom is -0.0237 e. The van der Waals surface area contributed by atoms with Gasteiger partial charge in [-0.05, 0) is 31.8 Å². The maximum absolute atomic E-state index is 3.57. The Morgan fingerprint density at radius 3 is 2.46 bits per heavy atom. The van der Waals surface area contributed by atoms with Crippen molar-refractivity contribution < 1.29 is 0 Å². The van der Waals surface area contributed by atoms with Gasteiger partial charge in [0.25, 0.3) is 0 Å². The van der Waals surface area contributed by atoms with Crippen LogP contribution in [0.4, 0.5) is 0 Å². The summed E-state index contributed by atoms with van der Waals surface area (Å²) >= 11 is 0. The van der Waals surface area contributed by atoms with Crippen molar-refractivity contribution in [3.63, 3.8) is 0 Å². The van der Waals surface area contributed by atoms with Gasteiger partial charge in [0.15, 0.2) is 0 Å². The van der Waals surface area contributed by atoms with E-state index in [-0.39, 0.29) is 0 Å². The molecule has 0 saturated heterocycles. The van der Waals surface area contributed by atoms with E-state index in [2.05, 4.69) is 32.2 Å². The fourth-order valence-corrected chi connectivity index (χ4v) is 1.36. The van der Waals surface area contributed by atoms with Gasteiger partial charge < -0.3 is 0 Å². The standard InChI is InChI=1S/C13H22/c1-4-7-9-12-13(10-6-3)11-8-5-2/h7,11H,1,5-6,8-10,12H2,2-3H3/b13-11+. The highest BCUT2D eigenvalue weighted by molar-refractivity contribution is 5.03. The lowest BCUT2D eigenvalue weighted by atomic mass is 10.0. The topological polar surface area (TPSA) is 0 Å². The summed E-state index contributed by atoms with van der Waals surface area (Å²) in [5, 5.41) is 0. The van der Waals surface area contributed by atoms with Crippen LogP contribution in [-0.4, -0.2) is 0 Å². The fourth-order valence-electron chi connectivity index (χ4n) is 1.36. The first-order chi connectivity index (χ1) is 6.35. The minimum Gasteiger partial charge on any atom is -0.133 e. The Balaban J connectivity index is 3.85. The molecule has 0 amide bonds. The summed E-state index contributed by atoms with van der Waals surface area (Å²) in [5.41, 5.74) is 4.43. The Bertz CT molecular complexity index is 180. The Labute approximate surface area is 83.0 Å². The average molecular weight is 178 g/mol. The molecule has 0 spiro atoms. The molecular weight excluding hydrogens is 156 g/mol. The maximum atomic E-state index is 3.57. The van der Waals surface area contributed by atoms with Gasteiger partial charge in [-0.1, -0.05) is 44.9 Å². The van der Waals surface area contributed by atoms with Crippen LogP contribution in [0, 0.1) is 0 Å². The van der Waals surface area contributed by atoms with E-state index < -0.39 is 0 Å².